The molecule has 0 heterocycles. The van der Waals surface area contributed by atoms with Gasteiger partial charge in [0.05, 0.1) is 40.4 Å². The molecule has 0 saturated heterocycles. The van der Waals surface area contributed by atoms with Crippen molar-refractivity contribution in [2.45, 2.75) is 199 Å². The van der Waals surface area contributed by atoms with E-state index in [2.05, 4.69) is 42.6 Å². The molecule has 55 heavy (non-hydrogen) atoms. The van der Waals surface area contributed by atoms with E-state index in [1.807, 2.05) is 21.1 Å². The highest BCUT2D eigenvalue weighted by atomic mass is 31.2. The van der Waals surface area contributed by atoms with E-state index in [4.69, 9.17) is 13.8 Å². The zero-order valence-electron chi connectivity index (χ0n) is 36.4. The molecule has 1 aromatic rings. The molecule has 0 spiro atoms. The van der Waals surface area contributed by atoms with Crippen molar-refractivity contribution in [2.24, 2.45) is 0 Å². The molecule has 0 aromatic heterocycles. The van der Waals surface area contributed by atoms with Crippen molar-refractivity contribution in [2.75, 3.05) is 54.1 Å². The van der Waals surface area contributed by atoms with Gasteiger partial charge in [-0.3, -0.25) is 13.8 Å². The Morgan fingerprint density at radius 1 is 0.618 bits per heavy atom. The zero-order chi connectivity index (χ0) is 40.1. The SMILES string of the molecule is CCCCCCCCCCCCCCCC(=O)N[C@H](COCCCCCCCCCCCCCCCCc1ccccc1)COP(=O)(O)OCC[N+](C)(C)C. The minimum Gasteiger partial charge on any atom is -0.379 e. The van der Waals surface area contributed by atoms with Crippen LogP contribution in [0, 0.1) is 0 Å². The van der Waals surface area contributed by atoms with Crippen LogP contribution >= 0.6 is 7.82 Å². The average Bonchev–Trinajstić information content (AvgIpc) is 3.15. The number of phosphoric acid groups is 1. The van der Waals surface area contributed by atoms with E-state index in [1.54, 1.807) is 0 Å². The summed E-state index contributed by atoms with van der Waals surface area (Å²) in [4.78, 5) is 23.0. The van der Waals surface area contributed by atoms with Crippen molar-refractivity contribution in [3.63, 3.8) is 0 Å². The lowest BCUT2D eigenvalue weighted by atomic mass is 10.0. The molecule has 2 atom stereocenters. The minimum absolute atomic E-state index is 0.0615. The van der Waals surface area contributed by atoms with E-state index >= 15 is 0 Å². The Morgan fingerprint density at radius 2 is 1.07 bits per heavy atom. The van der Waals surface area contributed by atoms with E-state index < -0.39 is 13.9 Å². The van der Waals surface area contributed by atoms with Crippen LogP contribution in [-0.2, 0) is 29.6 Å². The lowest BCUT2D eigenvalue weighted by Crippen LogP contribution is -2.41. The van der Waals surface area contributed by atoms with Crippen LogP contribution < -0.4 is 5.32 Å². The highest BCUT2D eigenvalue weighted by Crippen LogP contribution is 2.43. The molecule has 1 aromatic carbocycles. The number of nitrogens with one attached hydrogen (secondary N) is 1. The topological polar surface area (TPSA) is 94.1 Å². The molecule has 8 nitrogen and oxygen atoms in total. The largest absolute Gasteiger partial charge is 0.472 e. The Hall–Kier alpha value is -1.28. The standard InChI is InChI=1S/C46H87N2O6P/c1-5-6-7-8-9-10-11-14-18-21-24-27-33-38-46(49)47-45(43-54-55(50,51)53-41-39-48(2,3)4)42-52-40-34-28-25-22-19-16-13-12-15-17-20-23-26-30-35-44-36-31-29-32-37-44/h29,31-32,36-37,45H,5-28,30,33-35,38-43H2,1-4H3,(H-,47,49,50,51)/p+1/t45-/m1/s1. The number of unbranched alkanes of at least 4 members (excludes halogenated alkanes) is 25. The number of rotatable bonds is 41. The summed E-state index contributed by atoms with van der Waals surface area (Å²) in [6.07, 6.45) is 36.2. The van der Waals surface area contributed by atoms with Gasteiger partial charge in [-0.25, -0.2) is 4.57 Å². The van der Waals surface area contributed by atoms with Crippen LogP contribution in [0.2, 0.25) is 0 Å². The number of carbonyl (C=O) groups excluding carboxylic acids is 1. The van der Waals surface area contributed by atoms with Crippen LogP contribution in [0.25, 0.3) is 0 Å². The number of nitrogens with zero attached hydrogens (tertiary/aromatic N) is 1. The van der Waals surface area contributed by atoms with Gasteiger partial charge in [-0.2, -0.15) is 0 Å². The predicted molar refractivity (Wildman–Crippen MR) is 232 cm³/mol. The van der Waals surface area contributed by atoms with E-state index in [0.717, 1.165) is 32.1 Å². The van der Waals surface area contributed by atoms with Gasteiger partial charge in [-0.1, -0.05) is 191 Å². The summed E-state index contributed by atoms with van der Waals surface area (Å²) in [6, 6.07) is 10.3. The molecular weight excluding hydrogens is 707 g/mol. The van der Waals surface area contributed by atoms with Gasteiger partial charge in [0, 0.05) is 13.0 Å². The lowest BCUT2D eigenvalue weighted by Gasteiger charge is -2.24. The first kappa shape index (κ1) is 51.7. The summed E-state index contributed by atoms with van der Waals surface area (Å²) < 4.78 is 29.6. The van der Waals surface area contributed by atoms with Crippen molar-refractivity contribution in [3.8, 4) is 0 Å². The number of hydrogen-bond acceptors (Lipinski definition) is 5. The molecule has 0 radical (unpaired) electrons. The molecule has 1 amide bonds. The molecule has 0 saturated carbocycles. The Balaban J connectivity index is 2.15. The van der Waals surface area contributed by atoms with Crippen LogP contribution in [0.4, 0.5) is 0 Å². The molecule has 0 aliphatic heterocycles. The first-order valence-electron chi connectivity index (χ1n) is 22.9. The Labute approximate surface area is 339 Å². The van der Waals surface area contributed by atoms with E-state index in [-0.39, 0.29) is 25.7 Å². The highest BCUT2D eigenvalue weighted by Gasteiger charge is 2.25. The second kappa shape index (κ2) is 35.8. The Morgan fingerprint density at radius 3 is 1.56 bits per heavy atom. The van der Waals surface area contributed by atoms with E-state index in [0.29, 0.717) is 24.1 Å². The third kappa shape index (κ3) is 36.8. The van der Waals surface area contributed by atoms with Gasteiger partial charge in [0.1, 0.15) is 13.2 Å². The molecule has 1 unspecified atom stereocenters. The first-order valence-corrected chi connectivity index (χ1v) is 24.4. The zero-order valence-corrected chi connectivity index (χ0v) is 37.3. The van der Waals surface area contributed by atoms with Crippen LogP contribution in [0.3, 0.4) is 0 Å². The summed E-state index contributed by atoms with van der Waals surface area (Å²) in [6.45, 7) is 3.68. The number of aryl methyl sites for hydroxylation is 1. The summed E-state index contributed by atoms with van der Waals surface area (Å²) in [5, 5.41) is 2.99. The van der Waals surface area contributed by atoms with Gasteiger partial charge < -0.3 is 19.4 Å². The normalized spacial score (nSPS) is 13.5. The van der Waals surface area contributed by atoms with Crippen molar-refractivity contribution in [1.29, 1.82) is 0 Å². The van der Waals surface area contributed by atoms with Crippen LogP contribution in [0.1, 0.15) is 192 Å². The molecule has 2 N–H and O–H groups in total. The summed E-state index contributed by atoms with van der Waals surface area (Å²) in [7, 11) is 1.75. The van der Waals surface area contributed by atoms with Gasteiger partial charge in [0.2, 0.25) is 5.91 Å². The fourth-order valence-corrected chi connectivity index (χ4v) is 7.67. The monoisotopic (exact) mass is 796 g/mol. The Kier molecular flexibility index (Phi) is 33.7. The van der Waals surface area contributed by atoms with Crippen LogP contribution in [0.15, 0.2) is 30.3 Å². The van der Waals surface area contributed by atoms with Gasteiger partial charge in [0.25, 0.3) is 0 Å². The van der Waals surface area contributed by atoms with Crippen LogP contribution in [-0.4, -0.2) is 75.4 Å². The second-order valence-corrected chi connectivity index (χ2v) is 18.6. The maximum absolute atomic E-state index is 12.8. The maximum atomic E-state index is 12.8. The lowest BCUT2D eigenvalue weighted by molar-refractivity contribution is -0.870. The van der Waals surface area contributed by atoms with Crippen molar-refractivity contribution in [3.05, 3.63) is 35.9 Å². The van der Waals surface area contributed by atoms with Gasteiger partial charge in [-0.15, -0.1) is 0 Å². The minimum atomic E-state index is -4.23. The molecule has 0 aliphatic carbocycles. The number of amides is 1. The number of hydrogen-bond donors (Lipinski definition) is 2. The van der Waals surface area contributed by atoms with Crippen molar-refractivity contribution < 1.29 is 32.5 Å². The fraction of sp³-hybridized carbons (Fsp3) is 0.848. The molecule has 322 valence electrons. The third-order valence-electron chi connectivity index (χ3n) is 10.5. The third-order valence-corrected chi connectivity index (χ3v) is 11.5. The first-order chi connectivity index (χ1) is 26.6. The van der Waals surface area contributed by atoms with Gasteiger partial charge in [-0.05, 0) is 31.2 Å². The number of likely N-dealkylation sites (N-methyl/N-ethyl adjacent to an activating group) is 1. The van der Waals surface area contributed by atoms with Crippen molar-refractivity contribution >= 4 is 13.7 Å². The van der Waals surface area contributed by atoms with E-state index in [9.17, 15) is 14.3 Å². The fourth-order valence-electron chi connectivity index (χ4n) is 6.91. The highest BCUT2D eigenvalue weighted by molar-refractivity contribution is 7.47. The molecule has 1 rings (SSSR count). The van der Waals surface area contributed by atoms with Crippen molar-refractivity contribution in [1.82, 2.24) is 5.32 Å². The number of benzene rings is 1. The smallest absolute Gasteiger partial charge is 0.379 e. The predicted octanol–water partition coefficient (Wildman–Crippen LogP) is 12.5. The molecular formula is C46H88N2O6P+. The second-order valence-electron chi connectivity index (χ2n) is 17.1. The number of quaternary nitrogens is 1. The molecule has 0 aliphatic rings. The Bertz CT molecular complexity index is 1040. The molecule has 0 fully saturated rings. The quantitative estimate of drug-likeness (QED) is 0.0389. The summed E-state index contributed by atoms with van der Waals surface area (Å²) in [5.41, 5.74) is 1.47. The molecule has 9 heteroatoms. The average molecular weight is 796 g/mol. The molecule has 0 bridgehead atoms. The number of carbonyl (C=O) groups is 1. The summed E-state index contributed by atoms with van der Waals surface area (Å²) >= 11 is 0. The maximum Gasteiger partial charge on any atom is 0.472 e. The van der Waals surface area contributed by atoms with E-state index in [1.165, 1.54) is 153 Å². The van der Waals surface area contributed by atoms with Crippen LogP contribution in [0.5, 0.6) is 0 Å². The number of ether oxygens (including phenoxy) is 1. The van der Waals surface area contributed by atoms with Gasteiger partial charge in [0.15, 0.2) is 0 Å². The van der Waals surface area contributed by atoms with Gasteiger partial charge >= 0.3 is 7.82 Å². The summed E-state index contributed by atoms with van der Waals surface area (Å²) in [5.74, 6) is -0.0615. The number of phosphoric ester groups is 1.